The van der Waals surface area contributed by atoms with Gasteiger partial charge in [0.1, 0.15) is 6.10 Å². The number of aliphatic hydroxyl groups is 1. The molecule has 0 amide bonds. The quantitative estimate of drug-likeness (QED) is 0.839. The third-order valence-corrected chi connectivity index (χ3v) is 2.85. The summed E-state index contributed by atoms with van der Waals surface area (Å²) in [5.74, 6) is 0. The Morgan fingerprint density at radius 3 is 2.67 bits per heavy atom. The number of hydrogen-bond donors (Lipinski definition) is 1. The monoisotopic (exact) mass is 249 g/mol. The number of aromatic nitrogens is 5. The summed E-state index contributed by atoms with van der Waals surface area (Å²) in [6.45, 7) is 5.77. The zero-order valence-electron chi connectivity index (χ0n) is 10.8. The summed E-state index contributed by atoms with van der Waals surface area (Å²) in [4.78, 5) is 4.10. The van der Waals surface area contributed by atoms with Crippen LogP contribution in [0, 0.1) is 0 Å². The summed E-state index contributed by atoms with van der Waals surface area (Å²) < 4.78 is 3.71. The number of hydrogen-bond acceptors (Lipinski definition) is 4. The first kappa shape index (κ1) is 12.8. The van der Waals surface area contributed by atoms with Crippen molar-refractivity contribution in [2.45, 2.75) is 45.9 Å². The van der Waals surface area contributed by atoms with E-state index in [4.69, 9.17) is 0 Å². The van der Waals surface area contributed by atoms with Crippen LogP contribution in [0.25, 0.3) is 0 Å². The van der Waals surface area contributed by atoms with Gasteiger partial charge in [-0.05, 0) is 12.8 Å². The zero-order valence-corrected chi connectivity index (χ0v) is 10.8. The van der Waals surface area contributed by atoms with Crippen LogP contribution in [0.5, 0.6) is 0 Å². The summed E-state index contributed by atoms with van der Waals surface area (Å²) in [6.07, 6.45) is 6.30. The number of aliphatic hydroxyl groups excluding tert-OH is 1. The molecule has 0 saturated carbocycles. The molecule has 0 saturated heterocycles. The number of imidazole rings is 1. The van der Waals surface area contributed by atoms with E-state index in [1.807, 2.05) is 4.57 Å². The molecule has 6 heteroatoms. The molecule has 98 valence electrons. The highest BCUT2D eigenvalue weighted by atomic mass is 16.3. The largest absolute Gasteiger partial charge is 0.380 e. The van der Waals surface area contributed by atoms with Crippen LogP contribution in [0.15, 0.2) is 18.7 Å². The average molecular weight is 249 g/mol. The first-order chi connectivity index (χ1) is 8.77. The topological polar surface area (TPSA) is 68.8 Å². The molecule has 0 spiro atoms. The Labute approximate surface area is 106 Å². The van der Waals surface area contributed by atoms with E-state index in [-0.39, 0.29) is 0 Å². The minimum absolute atomic E-state index is 0.717. The normalized spacial score (nSPS) is 12.8. The average Bonchev–Trinajstić information content (AvgIpc) is 2.98. The Bertz CT molecular complexity index is 446. The molecule has 1 atom stereocenters. The van der Waals surface area contributed by atoms with E-state index in [2.05, 4.69) is 29.1 Å². The van der Waals surface area contributed by atoms with E-state index < -0.39 is 6.10 Å². The lowest BCUT2D eigenvalue weighted by Gasteiger charge is -2.14. The molecular formula is C12H19N5O. The lowest BCUT2D eigenvalue weighted by atomic mass is 10.2. The maximum Gasteiger partial charge on any atom is 0.139 e. The van der Waals surface area contributed by atoms with E-state index in [0.717, 1.165) is 37.3 Å². The van der Waals surface area contributed by atoms with Gasteiger partial charge in [0.2, 0.25) is 0 Å². The Kier molecular flexibility index (Phi) is 4.09. The fraction of sp³-hybridized carbons (Fsp3) is 0.583. The second-order valence-corrected chi connectivity index (χ2v) is 4.30. The Morgan fingerprint density at radius 2 is 1.94 bits per heavy atom. The molecule has 2 heterocycles. The van der Waals surface area contributed by atoms with Gasteiger partial charge in [-0.2, -0.15) is 0 Å². The Hall–Kier alpha value is -1.69. The van der Waals surface area contributed by atoms with Crippen LogP contribution in [0.2, 0.25) is 0 Å². The van der Waals surface area contributed by atoms with Crippen LogP contribution in [-0.4, -0.2) is 29.7 Å². The number of nitrogens with zero attached hydrogens (tertiary/aromatic N) is 5. The number of rotatable bonds is 6. The van der Waals surface area contributed by atoms with E-state index in [1.54, 1.807) is 23.4 Å². The van der Waals surface area contributed by atoms with Gasteiger partial charge in [-0.25, -0.2) is 9.67 Å². The predicted octanol–water partition coefficient (Wildman–Crippen LogP) is 1.38. The molecule has 2 rings (SSSR count). The molecule has 0 radical (unpaired) electrons. The predicted molar refractivity (Wildman–Crippen MR) is 66.9 cm³/mol. The van der Waals surface area contributed by atoms with E-state index in [1.165, 1.54) is 0 Å². The molecule has 0 bridgehead atoms. The zero-order chi connectivity index (χ0) is 13.0. The van der Waals surface area contributed by atoms with Gasteiger partial charge in [0.25, 0.3) is 0 Å². The molecule has 0 aliphatic rings. The van der Waals surface area contributed by atoms with Crippen LogP contribution in [0.3, 0.4) is 0 Å². The highest BCUT2D eigenvalue weighted by Crippen LogP contribution is 2.21. The molecule has 2 aromatic rings. The molecule has 0 fully saturated rings. The minimum atomic E-state index is -0.722. The maximum atomic E-state index is 10.4. The molecule has 1 unspecified atom stereocenters. The standard InChI is InChI=1S/C12H19N5O/c1-3-5-16-9-13-7-10(16)12(18)11-8-14-15-17(11)6-4-2/h7-9,12,18H,3-6H2,1-2H3. The molecule has 0 aromatic carbocycles. The summed E-state index contributed by atoms with van der Waals surface area (Å²) in [6, 6.07) is 0. The van der Waals surface area contributed by atoms with Gasteiger partial charge in [-0.3, -0.25) is 0 Å². The highest BCUT2D eigenvalue weighted by molar-refractivity contribution is 5.15. The molecule has 0 aliphatic carbocycles. The Balaban J connectivity index is 2.26. The molecular weight excluding hydrogens is 230 g/mol. The van der Waals surface area contributed by atoms with Gasteiger partial charge >= 0.3 is 0 Å². The Morgan fingerprint density at radius 1 is 1.17 bits per heavy atom. The molecule has 2 aromatic heterocycles. The maximum absolute atomic E-state index is 10.4. The van der Waals surface area contributed by atoms with Crippen LogP contribution in [0.4, 0.5) is 0 Å². The summed E-state index contributed by atoms with van der Waals surface area (Å²) in [5.41, 5.74) is 1.51. The minimum Gasteiger partial charge on any atom is -0.380 e. The summed E-state index contributed by atoms with van der Waals surface area (Å²) >= 11 is 0. The number of aryl methyl sites for hydroxylation is 2. The first-order valence-electron chi connectivity index (χ1n) is 6.34. The van der Waals surface area contributed by atoms with Crippen LogP contribution in [-0.2, 0) is 13.1 Å². The second kappa shape index (κ2) is 5.77. The molecule has 18 heavy (non-hydrogen) atoms. The molecule has 6 nitrogen and oxygen atoms in total. The van der Waals surface area contributed by atoms with Gasteiger partial charge in [0, 0.05) is 13.1 Å². The van der Waals surface area contributed by atoms with Crippen molar-refractivity contribution in [1.82, 2.24) is 24.5 Å². The van der Waals surface area contributed by atoms with Crippen LogP contribution >= 0.6 is 0 Å². The van der Waals surface area contributed by atoms with Gasteiger partial charge in [-0.1, -0.05) is 19.1 Å². The summed E-state index contributed by atoms with van der Waals surface area (Å²) in [7, 11) is 0. The van der Waals surface area contributed by atoms with Crippen molar-refractivity contribution in [3.05, 3.63) is 30.1 Å². The molecule has 0 aliphatic heterocycles. The van der Waals surface area contributed by atoms with E-state index in [9.17, 15) is 5.11 Å². The van der Waals surface area contributed by atoms with Gasteiger partial charge in [0.05, 0.1) is 30.1 Å². The van der Waals surface area contributed by atoms with Gasteiger partial charge < -0.3 is 9.67 Å². The lowest BCUT2D eigenvalue weighted by molar-refractivity contribution is 0.197. The van der Waals surface area contributed by atoms with Crippen molar-refractivity contribution >= 4 is 0 Å². The smallest absolute Gasteiger partial charge is 0.139 e. The van der Waals surface area contributed by atoms with Crippen molar-refractivity contribution in [2.24, 2.45) is 0 Å². The fourth-order valence-electron chi connectivity index (χ4n) is 2.00. The summed E-state index contributed by atoms with van der Waals surface area (Å²) in [5, 5.41) is 18.3. The third kappa shape index (κ3) is 2.43. The van der Waals surface area contributed by atoms with Crippen molar-refractivity contribution in [3.8, 4) is 0 Å². The highest BCUT2D eigenvalue weighted by Gasteiger charge is 2.19. The molecule has 1 N–H and O–H groups in total. The van der Waals surface area contributed by atoms with Crippen LogP contribution < -0.4 is 0 Å². The van der Waals surface area contributed by atoms with E-state index in [0.29, 0.717) is 0 Å². The fourth-order valence-corrected chi connectivity index (χ4v) is 2.00. The van der Waals surface area contributed by atoms with Crippen molar-refractivity contribution < 1.29 is 5.11 Å². The van der Waals surface area contributed by atoms with Gasteiger partial charge in [0.15, 0.2) is 0 Å². The van der Waals surface area contributed by atoms with Crippen molar-refractivity contribution in [3.63, 3.8) is 0 Å². The van der Waals surface area contributed by atoms with Gasteiger partial charge in [-0.15, -0.1) is 5.10 Å². The first-order valence-corrected chi connectivity index (χ1v) is 6.34. The van der Waals surface area contributed by atoms with Crippen molar-refractivity contribution in [2.75, 3.05) is 0 Å². The lowest BCUT2D eigenvalue weighted by Crippen LogP contribution is -2.13. The van der Waals surface area contributed by atoms with Crippen LogP contribution in [0.1, 0.15) is 44.2 Å². The second-order valence-electron chi connectivity index (χ2n) is 4.30. The van der Waals surface area contributed by atoms with Crippen molar-refractivity contribution in [1.29, 1.82) is 0 Å². The third-order valence-electron chi connectivity index (χ3n) is 2.85. The SMILES string of the molecule is CCCn1cncc1C(O)c1cnnn1CCC. The van der Waals surface area contributed by atoms with E-state index >= 15 is 0 Å².